The minimum Gasteiger partial charge on any atom is -0.333 e. The zero-order chi connectivity index (χ0) is 11.0. The van der Waals surface area contributed by atoms with Crippen LogP contribution in [0.4, 0.5) is 4.39 Å². The van der Waals surface area contributed by atoms with E-state index in [0.29, 0.717) is 10.2 Å². The van der Waals surface area contributed by atoms with E-state index in [4.69, 9.17) is 0 Å². The Morgan fingerprint density at radius 1 is 1.33 bits per heavy atom. The molecule has 0 aliphatic rings. The molecule has 0 N–H and O–H groups in total. The predicted molar refractivity (Wildman–Crippen MR) is 64.0 cm³/mol. The number of aryl methyl sites for hydroxylation is 1. The molecule has 15 heavy (non-hydrogen) atoms. The van der Waals surface area contributed by atoms with Crippen molar-refractivity contribution in [3.8, 4) is 11.3 Å². The highest BCUT2D eigenvalue weighted by molar-refractivity contribution is 9.10. The normalized spacial score (nSPS) is 10.7. The van der Waals surface area contributed by atoms with Crippen LogP contribution in [0.1, 0.15) is 0 Å². The third-order valence-electron chi connectivity index (χ3n) is 2.08. The standard InChI is InChI=1S/C10H7Br2FN2/c1-15-5-14-10(12)9(15)7-4-6(11)2-3-8(7)13/h2-5H,1H3. The number of nitrogens with zero attached hydrogens (tertiary/aromatic N) is 2. The smallest absolute Gasteiger partial charge is 0.132 e. The van der Waals surface area contributed by atoms with E-state index in [9.17, 15) is 4.39 Å². The van der Waals surface area contributed by atoms with E-state index in [-0.39, 0.29) is 5.82 Å². The maximum Gasteiger partial charge on any atom is 0.132 e. The first-order valence-electron chi connectivity index (χ1n) is 4.22. The molecule has 1 aromatic heterocycles. The molecule has 2 nitrogen and oxygen atoms in total. The second-order valence-corrected chi connectivity index (χ2v) is 4.79. The van der Waals surface area contributed by atoms with E-state index in [1.54, 1.807) is 23.0 Å². The van der Waals surface area contributed by atoms with Gasteiger partial charge in [-0.05, 0) is 34.1 Å². The van der Waals surface area contributed by atoms with Crippen molar-refractivity contribution in [3.05, 3.63) is 39.4 Å². The molecule has 0 aliphatic carbocycles. The molecule has 2 rings (SSSR count). The molecule has 0 saturated heterocycles. The number of hydrogen-bond donors (Lipinski definition) is 0. The fourth-order valence-electron chi connectivity index (χ4n) is 1.38. The van der Waals surface area contributed by atoms with Gasteiger partial charge in [-0.2, -0.15) is 0 Å². The lowest BCUT2D eigenvalue weighted by molar-refractivity contribution is 0.629. The van der Waals surface area contributed by atoms with Crippen molar-refractivity contribution in [2.24, 2.45) is 7.05 Å². The maximum absolute atomic E-state index is 13.6. The second kappa shape index (κ2) is 4.06. The van der Waals surface area contributed by atoms with Crippen LogP contribution in [-0.4, -0.2) is 9.55 Å². The Labute approximate surface area is 103 Å². The van der Waals surface area contributed by atoms with Gasteiger partial charge in [-0.25, -0.2) is 9.37 Å². The van der Waals surface area contributed by atoms with Crippen LogP contribution in [0.2, 0.25) is 0 Å². The lowest BCUT2D eigenvalue weighted by Crippen LogP contribution is -1.93. The molecule has 0 atom stereocenters. The summed E-state index contributed by atoms with van der Waals surface area (Å²) < 4.78 is 16.9. The summed E-state index contributed by atoms with van der Waals surface area (Å²) in [6.07, 6.45) is 1.64. The quantitative estimate of drug-likeness (QED) is 0.777. The van der Waals surface area contributed by atoms with E-state index in [0.717, 1.165) is 10.2 Å². The monoisotopic (exact) mass is 332 g/mol. The number of imidazole rings is 1. The van der Waals surface area contributed by atoms with Gasteiger partial charge < -0.3 is 4.57 Å². The van der Waals surface area contributed by atoms with Crippen molar-refractivity contribution in [2.75, 3.05) is 0 Å². The highest BCUT2D eigenvalue weighted by Crippen LogP contribution is 2.30. The van der Waals surface area contributed by atoms with Gasteiger partial charge in [0.2, 0.25) is 0 Å². The lowest BCUT2D eigenvalue weighted by atomic mass is 10.1. The van der Waals surface area contributed by atoms with E-state index in [2.05, 4.69) is 36.8 Å². The van der Waals surface area contributed by atoms with Crippen molar-refractivity contribution >= 4 is 31.9 Å². The zero-order valence-electron chi connectivity index (χ0n) is 7.84. The summed E-state index contributed by atoms with van der Waals surface area (Å²) >= 11 is 6.62. The summed E-state index contributed by atoms with van der Waals surface area (Å²) in [5.41, 5.74) is 1.25. The first-order valence-corrected chi connectivity index (χ1v) is 5.80. The minimum absolute atomic E-state index is 0.262. The van der Waals surface area contributed by atoms with Crippen molar-refractivity contribution in [2.45, 2.75) is 0 Å². The highest BCUT2D eigenvalue weighted by Gasteiger charge is 2.13. The zero-order valence-corrected chi connectivity index (χ0v) is 11.0. The average Bonchev–Trinajstić information content (AvgIpc) is 2.51. The first kappa shape index (κ1) is 10.8. The van der Waals surface area contributed by atoms with Gasteiger partial charge in [0.05, 0.1) is 12.0 Å². The van der Waals surface area contributed by atoms with Crippen molar-refractivity contribution in [3.63, 3.8) is 0 Å². The molecular formula is C10H7Br2FN2. The molecule has 0 amide bonds. The Bertz CT molecular complexity index is 489. The number of hydrogen-bond acceptors (Lipinski definition) is 1. The van der Waals surface area contributed by atoms with Crippen LogP contribution in [0.3, 0.4) is 0 Å². The summed E-state index contributed by atoms with van der Waals surface area (Å²) in [7, 11) is 1.83. The van der Waals surface area contributed by atoms with Gasteiger partial charge in [-0.1, -0.05) is 15.9 Å². The van der Waals surface area contributed by atoms with E-state index in [1.807, 2.05) is 7.05 Å². The molecule has 1 heterocycles. The van der Waals surface area contributed by atoms with Crippen LogP contribution in [-0.2, 0) is 7.05 Å². The number of benzene rings is 1. The van der Waals surface area contributed by atoms with Crippen LogP contribution in [0, 0.1) is 5.82 Å². The van der Waals surface area contributed by atoms with Crippen molar-refractivity contribution in [1.82, 2.24) is 9.55 Å². The molecule has 0 unspecified atom stereocenters. The fraction of sp³-hybridized carbons (Fsp3) is 0.100. The third-order valence-corrected chi connectivity index (χ3v) is 3.15. The number of rotatable bonds is 1. The van der Waals surface area contributed by atoms with Crippen molar-refractivity contribution in [1.29, 1.82) is 0 Å². The molecule has 5 heteroatoms. The molecule has 0 aliphatic heterocycles. The van der Waals surface area contributed by atoms with E-state index >= 15 is 0 Å². The largest absolute Gasteiger partial charge is 0.333 e. The van der Waals surface area contributed by atoms with Gasteiger partial charge >= 0.3 is 0 Å². The van der Waals surface area contributed by atoms with Crippen LogP contribution < -0.4 is 0 Å². The first-order chi connectivity index (χ1) is 7.09. The average molecular weight is 334 g/mol. The summed E-state index contributed by atoms with van der Waals surface area (Å²) in [5.74, 6) is -0.262. The van der Waals surface area contributed by atoms with Crippen LogP contribution >= 0.6 is 31.9 Å². The van der Waals surface area contributed by atoms with Crippen LogP contribution in [0.25, 0.3) is 11.3 Å². The van der Waals surface area contributed by atoms with Gasteiger partial charge in [0.15, 0.2) is 0 Å². The van der Waals surface area contributed by atoms with Gasteiger partial charge in [-0.15, -0.1) is 0 Å². The molecule has 0 saturated carbocycles. The van der Waals surface area contributed by atoms with Crippen LogP contribution in [0.5, 0.6) is 0 Å². The van der Waals surface area contributed by atoms with Gasteiger partial charge in [0.25, 0.3) is 0 Å². The highest BCUT2D eigenvalue weighted by atomic mass is 79.9. The fourth-order valence-corrected chi connectivity index (χ4v) is 2.33. The Hall–Kier alpha value is -0.680. The Kier molecular flexibility index (Phi) is 2.93. The van der Waals surface area contributed by atoms with Crippen LogP contribution in [0.15, 0.2) is 33.6 Å². The maximum atomic E-state index is 13.6. The SMILES string of the molecule is Cn1cnc(Br)c1-c1cc(Br)ccc1F. The third kappa shape index (κ3) is 1.99. The van der Waals surface area contributed by atoms with E-state index < -0.39 is 0 Å². The molecule has 78 valence electrons. The summed E-state index contributed by atoms with van der Waals surface area (Å²) in [5, 5.41) is 0. The Morgan fingerprint density at radius 2 is 2.07 bits per heavy atom. The second-order valence-electron chi connectivity index (χ2n) is 3.12. The molecule has 0 radical (unpaired) electrons. The topological polar surface area (TPSA) is 17.8 Å². The molecule has 2 aromatic rings. The van der Waals surface area contributed by atoms with Gasteiger partial charge in [0, 0.05) is 17.1 Å². The van der Waals surface area contributed by atoms with Crippen molar-refractivity contribution < 1.29 is 4.39 Å². The Balaban J connectivity index is 2.68. The number of halogens is 3. The predicted octanol–water partition coefficient (Wildman–Crippen LogP) is 3.75. The minimum atomic E-state index is -0.262. The summed E-state index contributed by atoms with van der Waals surface area (Å²) in [6, 6.07) is 4.83. The molecule has 1 aromatic carbocycles. The molecule has 0 fully saturated rings. The molecule has 0 bridgehead atoms. The summed E-state index contributed by atoms with van der Waals surface area (Å²) in [4.78, 5) is 4.06. The lowest BCUT2D eigenvalue weighted by Gasteiger charge is -2.05. The van der Waals surface area contributed by atoms with Gasteiger partial charge in [0.1, 0.15) is 10.4 Å². The van der Waals surface area contributed by atoms with Gasteiger partial charge in [-0.3, -0.25) is 0 Å². The Morgan fingerprint density at radius 3 is 2.67 bits per heavy atom. The molecular weight excluding hydrogens is 327 g/mol. The number of aromatic nitrogens is 2. The molecule has 0 spiro atoms. The summed E-state index contributed by atoms with van der Waals surface area (Å²) in [6.45, 7) is 0. The van der Waals surface area contributed by atoms with E-state index in [1.165, 1.54) is 6.07 Å².